The van der Waals surface area contributed by atoms with Crippen LogP contribution in [0.15, 0.2) is 35.7 Å². The average molecular weight is 272 g/mol. The number of aromatic nitrogens is 3. The molecule has 0 radical (unpaired) electrons. The zero-order valence-corrected chi connectivity index (χ0v) is 11.1. The minimum atomic E-state index is -0.106. The predicted octanol–water partition coefficient (Wildman–Crippen LogP) is 2.51. The Balaban J connectivity index is 1.79. The molecule has 96 valence electrons. The Kier molecular flexibility index (Phi) is 3.00. The van der Waals surface area contributed by atoms with E-state index < -0.39 is 0 Å². The van der Waals surface area contributed by atoms with E-state index in [4.69, 9.17) is 0 Å². The number of nitrogens with zero attached hydrogens (tertiary/aromatic N) is 2. The Morgan fingerprint density at radius 1 is 1.32 bits per heavy atom. The minimum Gasteiger partial charge on any atom is -0.345 e. The summed E-state index contributed by atoms with van der Waals surface area (Å²) in [4.78, 5) is 13.3. The van der Waals surface area contributed by atoms with Crippen LogP contribution in [0, 0.1) is 0 Å². The molecule has 0 saturated carbocycles. The third-order valence-corrected chi connectivity index (χ3v) is 3.95. The first-order chi connectivity index (χ1) is 9.24. The van der Waals surface area contributed by atoms with Gasteiger partial charge < -0.3 is 5.32 Å². The number of aromatic amines is 1. The second kappa shape index (κ2) is 4.81. The highest BCUT2D eigenvalue weighted by molar-refractivity contribution is 7.10. The zero-order chi connectivity index (χ0) is 13.2. The molecule has 5 nitrogen and oxygen atoms in total. The fourth-order valence-corrected chi connectivity index (χ4v) is 2.60. The number of carbonyl (C=O) groups is 1. The number of hydrogen-bond donors (Lipinski definition) is 2. The van der Waals surface area contributed by atoms with E-state index in [1.54, 1.807) is 29.5 Å². The molecule has 0 spiro atoms. The first-order valence-electron chi connectivity index (χ1n) is 5.89. The van der Waals surface area contributed by atoms with Crippen LogP contribution >= 0.6 is 11.3 Å². The number of benzene rings is 1. The molecular weight excluding hydrogens is 260 g/mol. The Labute approximate surface area is 113 Å². The van der Waals surface area contributed by atoms with Crippen molar-refractivity contribution in [1.29, 1.82) is 0 Å². The largest absolute Gasteiger partial charge is 0.345 e. The smallest absolute Gasteiger partial charge is 0.251 e. The molecule has 19 heavy (non-hydrogen) atoms. The molecule has 0 fully saturated rings. The van der Waals surface area contributed by atoms with Gasteiger partial charge in [-0.3, -0.25) is 4.79 Å². The summed E-state index contributed by atoms with van der Waals surface area (Å²) in [6.45, 7) is 1.97. The maximum Gasteiger partial charge on any atom is 0.251 e. The second-order valence-corrected chi connectivity index (χ2v) is 5.22. The molecule has 0 aliphatic heterocycles. The highest BCUT2D eigenvalue weighted by atomic mass is 32.1. The van der Waals surface area contributed by atoms with E-state index in [-0.39, 0.29) is 11.9 Å². The van der Waals surface area contributed by atoms with Gasteiger partial charge in [-0.05, 0) is 36.6 Å². The van der Waals surface area contributed by atoms with E-state index >= 15 is 0 Å². The van der Waals surface area contributed by atoms with Crippen molar-refractivity contribution < 1.29 is 4.79 Å². The second-order valence-electron chi connectivity index (χ2n) is 4.24. The SMILES string of the molecule is CC(NC(=O)c1ccc2n[nH]nc2c1)c1cccs1. The van der Waals surface area contributed by atoms with Crippen LogP contribution in [0.1, 0.15) is 28.2 Å². The number of H-pyrrole nitrogens is 1. The van der Waals surface area contributed by atoms with Gasteiger partial charge in [-0.25, -0.2) is 0 Å². The zero-order valence-electron chi connectivity index (χ0n) is 10.3. The van der Waals surface area contributed by atoms with Gasteiger partial charge in [0, 0.05) is 10.4 Å². The molecule has 1 atom stereocenters. The third kappa shape index (κ3) is 2.34. The molecule has 2 N–H and O–H groups in total. The van der Waals surface area contributed by atoms with Crippen LogP contribution in [0.4, 0.5) is 0 Å². The highest BCUT2D eigenvalue weighted by Gasteiger charge is 2.13. The topological polar surface area (TPSA) is 70.7 Å². The normalized spacial score (nSPS) is 12.5. The summed E-state index contributed by atoms with van der Waals surface area (Å²) in [5.74, 6) is -0.106. The summed E-state index contributed by atoms with van der Waals surface area (Å²) in [6, 6.07) is 9.25. The number of nitrogens with one attached hydrogen (secondary N) is 2. The van der Waals surface area contributed by atoms with Crippen molar-refractivity contribution >= 4 is 28.3 Å². The van der Waals surface area contributed by atoms with Crippen LogP contribution < -0.4 is 5.32 Å². The monoisotopic (exact) mass is 272 g/mol. The van der Waals surface area contributed by atoms with Crippen molar-refractivity contribution in [2.24, 2.45) is 0 Å². The first-order valence-corrected chi connectivity index (χ1v) is 6.77. The maximum atomic E-state index is 12.2. The molecule has 0 bridgehead atoms. The van der Waals surface area contributed by atoms with Gasteiger partial charge in [0.15, 0.2) is 0 Å². The van der Waals surface area contributed by atoms with Gasteiger partial charge in [0.25, 0.3) is 5.91 Å². The predicted molar refractivity (Wildman–Crippen MR) is 74.1 cm³/mol. The molecular formula is C13H12N4OS. The van der Waals surface area contributed by atoms with Crippen molar-refractivity contribution in [3.8, 4) is 0 Å². The standard InChI is InChI=1S/C13H12N4OS/c1-8(12-3-2-6-19-12)14-13(18)9-4-5-10-11(7-9)16-17-15-10/h2-8H,1H3,(H,14,18)(H,15,16,17). The number of fused-ring (bicyclic) bond motifs is 1. The van der Waals surface area contributed by atoms with E-state index in [1.807, 2.05) is 24.4 Å². The molecule has 1 aromatic carbocycles. The summed E-state index contributed by atoms with van der Waals surface area (Å²) in [6.07, 6.45) is 0. The number of amides is 1. The lowest BCUT2D eigenvalue weighted by Crippen LogP contribution is -2.26. The van der Waals surface area contributed by atoms with Gasteiger partial charge in [-0.15, -0.1) is 11.3 Å². The lowest BCUT2D eigenvalue weighted by atomic mass is 10.1. The maximum absolute atomic E-state index is 12.2. The Morgan fingerprint density at radius 3 is 2.95 bits per heavy atom. The van der Waals surface area contributed by atoms with E-state index in [9.17, 15) is 4.79 Å². The van der Waals surface area contributed by atoms with Crippen molar-refractivity contribution in [3.63, 3.8) is 0 Å². The molecule has 0 aliphatic rings. The Bertz CT molecular complexity index is 704. The van der Waals surface area contributed by atoms with Gasteiger partial charge in [-0.1, -0.05) is 6.07 Å². The summed E-state index contributed by atoms with van der Waals surface area (Å²) < 4.78 is 0. The summed E-state index contributed by atoms with van der Waals surface area (Å²) in [7, 11) is 0. The van der Waals surface area contributed by atoms with Gasteiger partial charge in [0.1, 0.15) is 11.0 Å². The highest BCUT2D eigenvalue weighted by Crippen LogP contribution is 2.19. The Morgan fingerprint density at radius 2 is 2.16 bits per heavy atom. The molecule has 1 amide bonds. The molecule has 0 saturated heterocycles. The quantitative estimate of drug-likeness (QED) is 0.769. The number of rotatable bonds is 3. The molecule has 2 heterocycles. The van der Waals surface area contributed by atoms with E-state index in [2.05, 4.69) is 20.7 Å². The van der Waals surface area contributed by atoms with Gasteiger partial charge in [0.05, 0.1) is 6.04 Å². The molecule has 1 unspecified atom stereocenters. The first kappa shape index (κ1) is 11.9. The van der Waals surface area contributed by atoms with Crippen LogP contribution in [0.5, 0.6) is 0 Å². The van der Waals surface area contributed by atoms with Crippen LogP contribution in [0.25, 0.3) is 11.0 Å². The number of thiophene rings is 1. The van der Waals surface area contributed by atoms with E-state index in [0.717, 1.165) is 10.4 Å². The number of carbonyl (C=O) groups excluding carboxylic acids is 1. The molecule has 3 rings (SSSR count). The average Bonchev–Trinajstić information content (AvgIpc) is 3.09. The van der Waals surface area contributed by atoms with Gasteiger partial charge in [0.2, 0.25) is 0 Å². The molecule has 0 aliphatic carbocycles. The van der Waals surface area contributed by atoms with Crippen molar-refractivity contribution in [2.75, 3.05) is 0 Å². The third-order valence-electron chi connectivity index (χ3n) is 2.90. The molecule has 6 heteroatoms. The van der Waals surface area contributed by atoms with Gasteiger partial charge in [-0.2, -0.15) is 15.4 Å². The van der Waals surface area contributed by atoms with Crippen LogP contribution in [0.2, 0.25) is 0 Å². The lowest BCUT2D eigenvalue weighted by Gasteiger charge is -2.12. The molecule has 2 aromatic heterocycles. The molecule has 3 aromatic rings. The Hall–Kier alpha value is -2.21. The van der Waals surface area contributed by atoms with Gasteiger partial charge >= 0.3 is 0 Å². The van der Waals surface area contributed by atoms with Crippen molar-refractivity contribution in [2.45, 2.75) is 13.0 Å². The lowest BCUT2D eigenvalue weighted by molar-refractivity contribution is 0.0940. The van der Waals surface area contributed by atoms with Crippen molar-refractivity contribution in [1.82, 2.24) is 20.7 Å². The van der Waals surface area contributed by atoms with Crippen LogP contribution in [-0.2, 0) is 0 Å². The van der Waals surface area contributed by atoms with Crippen LogP contribution in [-0.4, -0.2) is 21.3 Å². The summed E-state index contributed by atoms with van der Waals surface area (Å²) in [5.41, 5.74) is 2.03. The van der Waals surface area contributed by atoms with E-state index in [1.165, 1.54) is 0 Å². The summed E-state index contributed by atoms with van der Waals surface area (Å²) >= 11 is 1.63. The van der Waals surface area contributed by atoms with Crippen molar-refractivity contribution in [3.05, 3.63) is 46.2 Å². The minimum absolute atomic E-state index is 0.000468. The van der Waals surface area contributed by atoms with Crippen LogP contribution in [0.3, 0.4) is 0 Å². The summed E-state index contributed by atoms with van der Waals surface area (Å²) in [5, 5.41) is 15.4. The van der Waals surface area contributed by atoms with E-state index in [0.29, 0.717) is 11.1 Å². The fourth-order valence-electron chi connectivity index (χ4n) is 1.87. The fraction of sp³-hybridized carbons (Fsp3) is 0.154. The number of hydrogen-bond acceptors (Lipinski definition) is 4.